The number of anilines is 1. The number of aryl methyl sites for hydroxylation is 1. The highest BCUT2D eigenvalue weighted by atomic mass is 32.1. The summed E-state index contributed by atoms with van der Waals surface area (Å²) in [5, 5.41) is 0.957. The Hall–Kier alpha value is -1.62. The van der Waals surface area contributed by atoms with E-state index in [4.69, 9.17) is 10.5 Å². The van der Waals surface area contributed by atoms with Crippen molar-refractivity contribution in [3.8, 4) is 0 Å². The van der Waals surface area contributed by atoms with Crippen LogP contribution in [0.15, 0.2) is 12.8 Å². The van der Waals surface area contributed by atoms with Crippen molar-refractivity contribution in [1.82, 2.24) is 9.97 Å². The molecule has 0 saturated carbocycles. The molecule has 0 bridgehead atoms. The molecule has 16 heavy (non-hydrogen) atoms. The van der Waals surface area contributed by atoms with Crippen LogP contribution in [0.25, 0.3) is 16.1 Å². The molecule has 0 fully saturated rings. The highest BCUT2D eigenvalue weighted by Gasteiger charge is 2.14. The fraction of sp³-hybridized carbons (Fsp3) is 0.273. The summed E-state index contributed by atoms with van der Waals surface area (Å²) in [4.78, 5) is 9.52. The third-order valence-electron chi connectivity index (χ3n) is 2.16. The Morgan fingerprint density at radius 1 is 1.62 bits per heavy atom. The molecule has 4 nitrogen and oxygen atoms in total. The van der Waals surface area contributed by atoms with E-state index in [0.717, 1.165) is 20.9 Å². The fourth-order valence-electron chi connectivity index (χ4n) is 1.54. The summed E-state index contributed by atoms with van der Waals surface area (Å²) in [6, 6.07) is 0. The highest BCUT2D eigenvalue weighted by Crippen LogP contribution is 2.31. The number of nitrogens with two attached hydrogens (primary N) is 1. The molecule has 0 unspecified atom stereocenters. The molecule has 0 aliphatic rings. The van der Waals surface area contributed by atoms with Gasteiger partial charge in [-0.15, -0.1) is 0 Å². The SMILES string of the molecule is C=C(OCC)c1c(N)cnc2sc(C)nc12. The lowest BCUT2D eigenvalue weighted by atomic mass is 10.2. The second-order valence-corrected chi connectivity index (χ2v) is 4.51. The minimum absolute atomic E-state index is 0.552. The van der Waals surface area contributed by atoms with E-state index in [1.165, 1.54) is 11.3 Å². The van der Waals surface area contributed by atoms with Crippen LogP contribution in [-0.4, -0.2) is 16.6 Å². The Kier molecular flexibility index (Phi) is 2.78. The molecule has 0 aromatic carbocycles. The number of nitrogen functional groups attached to an aromatic ring is 1. The zero-order chi connectivity index (χ0) is 11.7. The molecule has 0 saturated heterocycles. The summed E-state index contributed by atoms with van der Waals surface area (Å²) in [6.07, 6.45) is 1.62. The maximum absolute atomic E-state index is 5.89. The van der Waals surface area contributed by atoms with Gasteiger partial charge in [0.25, 0.3) is 0 Å². The number of hydrogen-bond acceptors (Lipinski definition) is 5. The predicted molar refractivity (Wildman–Crippen MR) is 67.2 cm³/mol. The zero-order valence-electron chi connectivity index (χ0n) is 9.28. The summed E-state index contributed by atoms with van der Waals surface area (Å²) < 4.78 is 5.39. The van der Waals surface area contributed by atoms with Gasteiger partial charge < -0.3 is 10.5 Å². The van der Waals surface area contributed by atoms with E-state index in [0.29, 0.717) is 18.1 Å². The second-order valence-electron chi connectivity index (χ2n) is 3.33. The Morgan fingerprint density at radius 3 is 3.06 bits per heavy atom. The Morgan fingerprint density at radius 2 is 2.38 bits per heavy atom. The van der Waals surface area contributed by atoms with Gasteiger partial charge in [-0.1, -0.05) is 17.9 Å². The molecule has 84 valence electrons. The monoisotopic (exact) mass is 235 g/mol. The number of hydrogen-bond donors (Lipinski definition) is 1. The van der Waals surface area contributed by atoms with Gasteiger partial charge in [-0.3, -0.25) is 0 Å². The third kappa shape index (κ3) is 1.74. The number of fused-ring (bicyclic) bond motifs is 1. The van der Waals surface area contributed by atoms with E-state index in [1.807, 2.05) is 13.8 Å². The fourth-order valence-corrected chi connectivity index (χ4v) is 2.30. The van der Waals surface area contributed by atoms with Crippen LogP contribution in [0.4, 0.5) is 5.69 Å². The van der Waals surface area contributed by atoms with E-state index in [9.17, 15) is 0 Å². The molecule has 5 heteroatoms. The van der Waals surface area contributed by atoms with Crippen molar-refractivity contribution < 1.29 is 4.74 Å². The molecule has 2 rings (SSSR count). The standard InChI is InChI=1S/C11H13N3OS/c1-4-15-6(2)9-8(12)5-13-11-10(9)14-7(3)16-11/h5H,2,4,12H2,1,3H3. The van der Waals surface area contributed by atoms with E-state index >= 15 is 0 Å². The number of rotatable bonds is 3. The van der Waals surface area contributed by atoms with Crippen molar-refractivity contribution in [1.29, 1.82) is 0 Å². The van der Waals surface area contributed by atoms with Crippen LogP contribution in [0.2, 0.25) is 0 Å². The van der Waals surface area contributed by atoms with Gasteiger partial charge in [0.05, 0.1) is 29.1 Å². The van der Waals surface area contributed by atoms with Gasteiger partial charge in [0.15, 0.2) is 0 Å². The summed E-state index contributed by atoms with van der Waals surface area (Å²) in [6.45, 7) is 8.28. The number of thiazole rings is 1. The molecule has 2 heterocycles. The Bertz CT molecular complexity index is 547. The molecule has 0 atom stereocenters. The van der Waals surface area contributed by atoms with E-state index in [1.54, 1.807) is 6.20 Å². The molecule has 0 aliphatic heterocycles. The topological polar surface area (TPSA) is 61.0 Å². The second kappa shape index (κ2) is 4.09. The minimum atomic E-state index is 0.552. The van der Waals surface area contributed by atoms with E-state index in [-0.39, 0.29) is 0 Å². The summed E-state index contributed by atoms with van der Waals surface area (Å²) in [5.41, 5.74) is 7.98. The van der Waals surface area contributed by atoms with Crippen molar-refractivity contribution in [2.75, 3.05) is 12.3 Å². The number of nitrogens with zero attached hydrogens (tertiary/aromatic N) is 2. The first-order chi connectivity index (χ1) is 7.63. The van der Waals surface area contributed by atoms with Gasteiger partial charge in [0.1, 0.15) is 16.1 Å². The van der Waals surface area contributed by atoms with Crippen molar-refractivity contribution in [3.63, 3.8) is 0 Å². The molecular weight excluding hydrogens is 222 g/mol. The first-order valence-electron chi connectivity index (χ1n) is 4.97. The Labute approximate surface area is 97.8 Å². The van der Waals surface area contributed by atoms with Crippen molar-refractivity contribution >= 4 is 33.1 Å². The van der Waals surface area contributed by atoms with Crippen molar-refractivity contribution in [2.45, 2.75) is 13.8 Å². The molecule has 0 spiro atoms. The van der Waals surface area contributed by atoms with Crippen LogP contribution in [0.3, 0.4) is 0 Å². The van der Waals surface area contributed by atoms with Crippen LogP contribution < -0.4 is 5.73 Å². The summed E-state index contributed by atoms with van der Waals surface area (Å²) in [5.74, 6) is 0.553. The normalized spacial score (nSPS) is 10.6. The van der Waals surface area contributed by atoms with Gasteiger partial charge >= 0.3 is 0 Å². The smallest absolute Gasteiger partial charge is 0.144 e. The molecule has 0 aliphatic carbocycles. The van der Waals surface area contributed by atoms with Crippen LogP contribution in [0.5, 0.6) is 0 Å². The highest BCUT2D eigenvalue weighted by molar-refractivity contribution is 7.18. The van der Waals surface area contributed by atoms with E-state index < -0.39 is 0 Å². The van der Waals surface area contributed by atoms with Gasteiger partial charge in [-0.2, -0.15) is 0 Å². The maximum Gasteiger partial charge on any atom is 0.144 e. The minimum Gasteiger partial charge on any atom is -0.494 e. The first-order valence-corrected chi connectivity index (χ1v) is 5.78. The number of ether oxygens (including phenoxy) is 1. The van der Waals surface area contributed by atoms with Gasteiger partial charge in [-0.25, -0.2) is 9.97 Å². The van der Waals surface area contributed by atoms with Crippen LogP contribution in [0.1, 0.15) is 17.5 Å². The lowest BCUT2D eigenvalue weighted by Crippen LogP contribution is -1.98. The molecule has 0 amide bonds. The zero-order valence-corrected chi connectivity index (χ0v) is 10.1. The number of pyridine rings is 1. The largest absolute Gasteiger partial charge is 0.494 e. The van der Waals surface area contributed by atoms with Crippen molar-refractivity contribution in [3.05, 3.63) is 23.3 Å². The molecule has 0 radical (unpaired) electrons. The summed E-state index contributed by atoms with van der Waals surface area (Å²) >= 11 is 1.54. The van der Waals surface area contributed by atoms with E-state index in [2.05, 4.69) is 16.5 Å². The maximum atomic E-state index is 5.89. The average Bonchev–Trinajstić information content (AvgIpc) is 2.58. The van der Waals surface area contributed by atoms with Crippen LogP contribution in [0, 0.1) is 6.92 Å². The quantitative estimate of drug-likeness (QED) is 0.831. The lowest BCUT2D eigenvalue weighted by Gasteiger charge is -2.09. The van der Waals surface area contributed by atoms with Gasteiger partial charge in [-0.05, 0) is 13.8 Å². The van der Waals surface area contributed by atoms with Crippen LogP contribution in [-0.2, 0) is 4.74 Å². The number of aromatic nitrogens is 2. The van der Waals surface area contributed by atoms with Gasteiger partial charge in [0, 0.05) is 0 Å². The third-order valence-corrected chi connectivity index (χ3v) is 3.04. The lowest BCUT2D eigenvalue weighted by molar-refractivity contribution is 0.299. The molecule has 2 N–H and O–H groups in total. The predicted octanol–water partition coefficient (Wildman–Crippen LogP) is 2.59. The van der Waals surface area contributed by atoms with Gasteiger partial charge in [0.2, 0.25) is 0 Å². The molecule has 2 aromatic heterocycles. The summed E-state index contributed by atoms with van der Waals surface area (Å²) in [7, 11) is 0. The van der Waals surface area contributed by atoms with Crippen molar-refractivity contribution in [2.24, 2.45) is 0 Å². The average molecular weight is 235 g/mol. The Balaban J connectivity index is 2.65. The molecular formula is C11H13N3OS. The first kappa shape index (κ1) is 10.9. The molecule has 2 aromatic rings. The van der Waals surface area contributed by atoms with Crippen LogP contribution >= 0.6 is 11.3 Å².